The lowest BCUT2D eigenvalue weighted by Gasteiger charge is -2.16. The van der Waals surface area contributed by atoms with Gasteiger partial charge < -0.3 is 21.1 Å². The topological polar surface area (TPSA) is 134 Å². The Bertz CT molecular complexity index is 1530. The summed E-state index contributed by atoms with van der Waals surface area (Å²) >= 11 is 12.2. The monoisotopic (exact) mass is 577 g/mol. The van der Waals surface area contributed by atoms with Crippen LogP contribution in [0.25, 0.3) is 16.9 Å². The first-order valence-corrected chi connectivity index (χ1v) is 13.3. The predicted octanol–water partition coefficient (Wildman–Crippen LogP) is 4.43. The lowest BCUT2D eigenvalue weighted by molar-refractivity contribution is -0.139. The molecule has 204 valence electrons. The molecule has 1 aliphatic heterocycles. The molecule has 1 amide bonds. The van der Waals surface area contributed by atoms with Gasteiger partial charge in [-0.1, -0.05) is 58.7 Å². The van der Waals surface area contributed by atoms with E-state index in [4.69, 9.17) is 23.2 Å². The van der Waals surface area contributed by atoms with E-state index in [0.29, 0.717) is 11.3 Å². The summed E-state index contributed by atoms with van der Waals surface area (Å²) in [7, 11) is 0. The first-order valence-electron chi connectivity index (χ1n) is 12.5. The van der Waals surface area contributed by atoms with Gasteiger partial charge in [0.1, 0.15) is 11.7 Å². The molecule has 2 heterocycles. The van der Waals surface area contributed by atoms with Crippen molar-refractivity contribution >= 4 is 46.7 Å². The Balaban J connectivity index is 1.23. The maximum Gasteiger partial charge on any atom is 0.326 e. The van der Waals surface area contributed by atoms with Gasteiger partial charge in [-0.15, -0.1) is 5.10 Å². The number of carboxylic acids is 1. The van der Waals surface area contributed by atoms with Crippen LogP contribution in [0.5, 0.6) is 0 Å². The molecular formula is C28H25Cl2N7O3. The summed E-state index contributed by atoms with van der Waals surface area (Å²) in [6, 6.07) is 18.5. The van der Waals surface area contributed by atoms with Gasteiger partial charge in [0.05, 0.1) is 27.5 Å². The number of hydrogen-bond acceptors (Lipinski definition) is 7. The normalized spacial score (nSPS) is 13.6. The van der Waals surface area contributed by atoms with E-state index in [2.05, 4.69) is 31.3 Å². The van der Waals surface area contributed by atoms with Crippen molar-refractivity contribution in [1.82, 2.24) is 25.6 Å². The second-order valence-corrected chi connectivity index (χ2v) is 9.91. The predicted molar refractivity (Wildman–Crippen MR) is 154 cm³/mol. The number of aromatic nitrogens is 3. The second-order valence-electron chi connectivity index (χ2n) is 9.09. The standard InChI is InChI=1S/C28H25Cl2N7O3/c29-21-3-1-4-22(30)25(21)26(38)34-23(27(39)40)15-17-5-11-20(12-6-17)37-16-24(35-36-37)18-7-9-19(10-8-18)33-28-31-13-2-14-32-28/h1,3-12,16,23H,2,13-15H2,(H,34,38)(H,39,40)(H2,31,32,33)/t23-/m0/s1. The molecule has 0 saturated heterocycles. The van der Waals surface area contributed by atoms with Crippen molar-refractivity contribution in [1.29, 1.82) is 0 Å². The van der Waals surface area contributed by atoms with Crippen molar-refractivity contribution < 1.29 is 14.7 Å². The van der Waals surface area contributed by atoms with Gasteiger partial charge in [0.25, 0.3) is 5.91 Å². The molecule has 4 N–H and O–H groups in total. The molecule has 0 radical (unpaired) electrons. The van der Waals surface area contributed by atoms with Gasteiger partial charge in [0, 0.05) is 30.8 Å². The maximum atomic E-state index is 12.7. The van der Waals surface area contributed by atoms with Crippen molar-refractivity contribution in [3.05, 3.63) is 94.1 Å². The second kappa shape index (κ2) is 12.2. The Labute approximate surface area is 240 Å². The molecule has 5 rings (SSSR count). The van der Waals surface area contributed by atoms with Crippen molar-refractivity contribution in [3.63, 3.8) is 0 Å². The zero-order valence-corrected chi connectivity index (χ0v) is 22.7. The summed E-state index contributed by atoms with van der Waals surface area (Å²) in [5, 5.41) is 27.5. The summed E-state index contributed by atoms with van der Waals surface area (Å²) in [4.78, 5) is 29.0. The van der Waals surface area contributed by atoms with Gasteiger partial charge in [0.2, 0.25) is 0 Å². The third-order valence-electron chi connectivity index (χ3n) is 6.27. The molecule has 1 atom stereocenters. The van der Waals surface area contributed by atoms with Gasteiger partial charge in [-0.05, 0) is 48.4 Å². The van der Waals surface area contributed by atoms with E-state index in [-0.39, 0.29) is 22.0 Å². The molecule has 1 aliphatic rings. The van der Waals surface area contributed by atoms with Gasteiger partial charge in [0.15, 0.2) is 5.96 Å². The Morgan fingerprint density at radius 3 is 2.40 bits per heavy atom. The molecule has 0 spiro atoms. The number of aliphatic carboxylic acids is 1. The molecule has 4 aromatic rings. The van der Waals surface area contributed by atoms with Crippen LogP contribution in [0.4, 0.5) is 5.69 Å². The summed E-state index contributed by atoms with van der Waals surface area (Å²) < 4.78 is 1.64. The minimum Gasteiger partial charge on any atom is -0.480 e. The first-order chi connectivity index (χ1) is 19.4. The Kier molecular flexibility index (Phi) is 8.28. The van der Waals surface area contributed by atoms with Crippen LogP contribution in [0.2, 0.25) is 10.0 Å². The van der Waals surface area contributed by atoms with E-state index >= 15 is 0 Å². The molecule has 0 aliphatic carbocycles. The Morgan fingerprint density at radius 2 is 1.75 bits per heavy atom. The number of nitrogens with one attached hydrogen (secondary N) is 3. The molecule has 0 bridgehead atoms. The van der Waals surface area contributed by atoms with E-state index < -0.39 is 17.9 Å². The van der Waals surface area contributed by atoms with E-state index in [1.54, 1.807) is 22.9 Å². The summed E-state index contributed by atoms with van der Waals surface area (Å²) in [6.45, 7) is 1.72. The molecule has 0 unspecified atom stereocenters. The van der Waals surface area contributed by atoms with Crippen molar-refractivity contribution in [2.45, 2.75) is 18.9 Å². The van der Waals surface area contributed by atoms with Gasteiger partial charge >= 0.3 is 5.97 Å². The first kappa shape index (κ1) is 27.2. The lowest BCUT2D eigenvalue weighted by Crippen LogP contribution is -2.42. The highest BCUT2D eigenvalue weighted by Crippen LogP contribution is 2.24. The zero-order chi connectivity index (χ0) is 28.1. The smallest absolute Gasteiger partial charge is 0.326 e. The number of benzene rings is 3. The Morgan fingerprint density at radius 1 is 1.02 bits per heavy atom. The van der Waals surface area contributed by atoms with Crippen LogP contribution in [0.1, 0.15) is 22.3 Å². The van der Waals surface area contributed by atoms with Crippen LogP contribution in [0, 0.1) is 0 Å². The average Bonchev–Trinajstić information content (AvgIpc) is 3.44. The number of carbonyl (C=O) groups is 2. The maximum absolute atomic E-state index is 12.7. The van der Waals surface area contributed by atoms with E-state index in [0.717, 1.165) is 42.4 Å². The fourth-order valence-corrected chi connectivity index (χ4v) is 4.73. The molecule has 12 heteroatoms. The van der Waals surface area contributed by atoms with Crippen molar-refractivity contribution in [2.24, 2.45) is 4.99 Å². The van der Waals surface area contributed by atoms with Crippen LogP contribution in [0.15, 0.2) is 77.9 Å². The summed E-state index contributed by atoms with van der Waals surface area (Å²) in [6.07, 6.45) is 2.91. The molecule has 3 aromatic carbocycles. The molecule has 10 nitrogen and oxygen atoms in total. The minimum atomic E-state index is -1.18. The number of carbonyl (C=O) groups excluding carboxylic acids is 1. The lowest BCUT2D eigenvalue weighted by atomic mass is 10.0. The molecule has 0 fully saturated rings. The number of rotatable bonds is 8. The van der Waals surface area contributed by atoms with E-state index in [1.165, 1.54) is 12.1 Å². The fraction of sp³-hybridized carbons (Fsp3) is 0.179. The molecule has 40 heavy (non-hydrogen) atoms. The zero-order valence-electron chi connectivity index (χ0n) is 21.1. The number of halogens is 2. The van der Waals surface area contributed by atoms with Crippen molar-refractivity contribution in [3.8, 4) is 16.9 Å². The number of amides is 1. The van der Waals surface area contributed by atoms with Gasteiger partial charge in [-0.2, -0.15) is 0 Å². The van der Waals surface area contributed by atoms with E-state index in [1.807, 2.05) is 42.6 Å². The van der Waals surface area contributed by atoms with Gasteiger partial charge in [-0.3, -0.25) is 9.79 Å². The minimum absolute atomic E-state index is 0.0379. The summed E-state index contributed by atoms with van der Waals surface area (Å²) in [5.41, 5.74) is 4.03. The van der Waals surface area contributed by atoms with Crippen LogP contribution in [-0.2, 0) is 11.2 Å². The Hall–Kier alpha value is -4.41. The van der Waals surface area contributed by atoms with Crippen molar-refractivity contribution in [2.75, 3.05) is 18.4 Å². The number of hydrogen-bond donors (Lipinski definition) is 4. The summed E-state index contributed by atoms with van der Waals surface area (Å²) in [5.74, 6) is -1.06. The number of guanidine groups is 1. The van der Waals surface area contributed by atoms with Crippen LogP contribution < -0.4 is 16.0 Å². The van der Waals surface area contributed by atoms with E-state index in [9.17, 15) is 14.7 Å². The van der Waals surface area contributed by atoms with Crippen LogP contribution in [-0.4, -0.2) is 57.1 Å². The quantitative estimate of drug-likeness (QED) is 0.243. The highest BCUT2D eigenvalue weighted by molar-refractivity contribution is 6.39. The number of aliphatic imine (C=N–C) groups is 1. The molecule has 1 aromatic heterocycles. The van der Waals surface area contributed by atoms with Crippen LogP contribution in [0.3, 0.4) is 0 Å². The SMILES string of the molecule is O=C(N[C@@H](Cc1ccc(-n2cc(-c3ccc(NC4=NCCCN4)cc3)nn2)cc1)C(=O)O)c1c(Cl)cccc1Cl. The number of nitrogens with zero attached hydrogens (tertiary/aromatic N) is 4. The highest BCUT2D eigenvalue weighted by Gasteiger charge is 2.24. The third kappa shape index (κ3) is 6.41. The largest absolute Gasteiger partial charge is 0.480 e. The fourth-order valence-electron chi connectivity index (χ4n) is 4.17. The molecular weight excluding hydrogens is 553 g/mol. The average molecular weight is 578 g/mol. The third-order valence-corrected chi connectivity index (χ3v) is 6.90. The molecule has 0 saturated carbocycles. The number of anilines is 1. The van der Waals surface area contributed by atoms with Crippen LogP contribution >= 0.6 is 23.2 Å². The van der Waals surface area contributed by atoms with Gasteiger partial charge in [-0.25, -0.2) is 9.48 Å². The number of carboxylic acid groups (broad SMARTS) is 1. The highest BCUT2D eigenvalue weighted by atomic mass is 35.5.